The van der Waals surface area contributed by atoms with Crippen LogP contribution in [-0.4, -0.2) is 64.6 Å². The van der Waals surface area contributed by atoms with Crippen molar-refractivity contribution < 1.29 is 19.4 Å². The van der Waals surface area contributed by atoms with E-state index in [2.05, 4.69) is 9.97 Å². The van der Waals surface area contributed by atoms with E-state index < -0.39 is 5.54 Å². The minimum Gasteiger partial charge on any atom is -0.509 e. The molecule has 2 aromatic carbocycles. The number of likely N-dealkylation sites (tertiary alicyclic amines) is 1. The molecule has 0 bridgehead atoms. The molecule has 2 aliphatic heterocycles. The average molecular weight is 462 g/mol. The number of methoxy groups -OCH3 is 2. The van der Waals surface area contributed by atoms with Gasteiger partial charge < -0.3 is 29.4 Å². The Morgan fingerprint density at radius 2 is 1.88 bits per heavy atom. The first-order valence-electron chi connectivity index (χ1n) is 11.1. The Bertz CT molecular complexity index is 1270. The van der Waals surface area contributed by atoms with E-state index in [1.807, 2.05) is 24.3 Å². The number of anilines is 1. The van der Waals surface area contributed by atoms with Gasteiger partial charge in [0, 0.05) is 31.7 Å². The molecular weight excluding hydrogens is 434 g/mol. The highest BCUT2D eigenvalue weighted by Gasteiger charge is 2.54. The van der Waals surface area contributed by atoms with Crippen molar-refractivity contribution in [2.24, 2.45) is 0 Å². The maximum Gasteiger partial charge on any atom is 0.219 e. The van der Waals surface area contributed by atoms with Gasteiger partial charge in [-0.25, -0.2) is 4.98 Å². The molecule has 3 heterocycles. The van der Waals surface area contributed by atoms with Crippen LogP contribution in [0.1, 0.15) is 25.6 Å². The van der Waals surface area contributed by atoms with Crippen LogP contribution < -0.4 is 14.4 Å². The Kier molecular flexibility index (Phi) is 5.19. The number of amidine groups is 1. The van der Waals surface area contributed by atoms with E-state index >= 15 is 0 Å². The molecule has 176 valence electrons. The monoisotopic (exact) mass is 461 g/mol. The largest absolute Gasteiger partial charge is 0.509 e. The van der Waals surface area contributed by atoms with Crippen molar-refractivity contribution in [3.63, 3.8) is 0 Å². The molecule has 1 spiro atoms. The van der Waals surface area contributed by atoms with Crippen LogP contribution >= 0.6 is 0 Å². The van der Waals surface area contributed by atoms with Crippen LogP contribution in [0.2, 0.25) is 0 Å². The van der Waals surface area contributed by atoms with Crippen molar-refractivity contribution >= 4 is 34.0 Å². The third kappa shape index (κ3) is 3.27. The number of carbonyl (C=O) groups is 1. The summed E-state index contributed by atoms with van der Waals surface area (Å²) in [6, 6.07) is 12.9. The van der Waals surface area contributed by atoms with Gasteiger partial charge in [-0.2, -0.15) is 0 Å². The van der Waals surface area contributed by atoms with Gasteiger partial charge in [-0.3, -0.25) is 10.2 Å². The van der Waals surface area contributed by atoms with Crippen LogP contribution in [0.4, 0.5) is 5.69 Å². The average Bonchev–Trinajstić information content (AvgIpc) is 3.35. The third-order valence-electron chi connectivity index (χ3n) is 6.70. The molecule has 1 amide bonds. The summed E-state index contributed by atoms with van der Waals surface area (Å²) in [5, 5.41) is 20.9. The summed E-state index contributed by atoms with van der Waals surface area (Å²) in [6.45, 7) is 2.38. The molecule has 1 unspecified atom stereocenters. The van der Waals surface area contributed by atoms with Gasteiger partial charge in [-0.1, -0.05) is 12.1 Å². The van der Waals surface area contributed by atoms with Crippen molar-refractivity contribution in [3.05, 3.63) is 54.0 Å². The summed E-state index contributed by atoms with van der Waals surface area (Å²) in [4.78, 5) is 23.7. The molecule has 0 radical (unpaired) electrons. The smallest absolute Gasteiger partial charge is 0.219 e. The molecule has 1 saturated heterocycles. The number of imidazole rings is 1. The zero-order valence-electron chi connectivity index (χ0n) is 19.4. The number of carbonyl (C=O) groups excluding carboxylic acids is 1. The number of benzene rings is 2. The van der Waals surface area contributed by atoms with Gasteiger partial charge in [-0.15, -0.1) is 0 Å². The van der Waals surface area contributed by atoms with Crippen molar-refractivity contribution in [2.45, 2.75) is 25.3 Å². The number of aromatic amines is 1. The minimum atomic E-state index is -1.01. The number of nitrogens with one attached hydrogen (secondary N) is 2. The number of piperidine rings is 1. The predicted octanol–water partition coefficient (Wildman–Crippen LogP) is 3.73. The molecule has 34 heavy (non-hydrogen) atoms. The minimum absolute atomic E-state index is 0.0318. The van der Waals surface area contributed by atoms with E-state index in [1.54, 1.807) is 42.2 Å². The van der Waals surface area contributed by atoms with Crippen molar-refractivity contribution in [2.75, 3.05) is 32.2 Å². The number of aliphatic hydroxyl groups excluding tert-OH is 1. The van der Waals surface area contributed by atoms with Crippen LogP contribution in [0.5, 0.6) is 11.5 Å². The number of ether oxygens (including phenoxy) is 2. The lowest BCUT2D eigenvalue weighted by Gasteiger charge is -2.46. The number of para-hydroxylation sites is 2. The quantitative estimate of drug-likeness (QED) is 0.545. The summed E-state index contributed by atoms with van der Waals surface area (Å²) in [5.74, 6) is 1.60. The van der Waals surface area contributed by atoms with E-state index in [4.69, 9.17) is 9.47 Å². The molecule has 2 aliphatic rings. The number of aliphatic hydroxyl groups is 1. The summed E-state index contributed by atoms with van der Waals surface area (Å²) in [7, 11) is 3.13. The lowest BCUT2D eigenvalue weighted by Crippen LogP contribution is -2.59. The van der Waals surface area contributed by atoms with Gasteiger partial charge in [-0.05, 0) is 25.0 Å². The number of amides is 1. The highest BCUT2D eigenvalue weighted by molar-refractivity contribution is 6.31. The van der Waals surface area contributed by atoms with Gasteiger partial charge in [0.25, 0.3) is 0 Å². The molecule has 1 atom stereocenters. The lowest BCUT2D eigenvalue weighted by atomic mass is 9.86. The second-order valence-electron chi connectivity index (χ2n) is 8.66. The molecule has 3 aromatic rings. The van der Waals surface area contributed by atoms with Gasteiger partial charge in [0.2, 0.25) is 5.91 Å². The Morgan fingerprint density at radius 1 is 1.18 bits per heavy atom. The SMILES string of the molecule is COc1cc(OC)cc(N2C(=N)C(c3nc4ccccc4[nH]3)=C(O)C23CCCN(C(C)=O)C3)c1. The second-order valence-corrected chi connectivity index (χ2v) is 8.66. The number of nitrogens with zero attached hydrogens (tertiary/aromatic N) is 3. The highest BCUT2D eigenvalue weighted by atomic mass is 16.5. The number of hydrogen-bond acceptors (Lipinski definition) is 6. The Labute approximate surface area is 197 Å². The maximum atomic E-state index is 12.3. The molecular formula is C25H27N5O4. The molecule has 9 nitrogen and oxygen atoms in total. The van der Waals surface area contributed by atoms with Gasteiger partial charge in [0.05, 0.1) is 43.1 Å². The fraction of sp³-hybridized carbons (Fsp3) is 0.320. The van der Waals surface area contributed by atoms with Crippen molar-refractivity contribution in [3.8, 4) is 11.5 Å². The Morgan fingerprint density at radius 3 is 2.53 bits per heavy atom. The first-order chi connectivity index (χ1) is 16.4. The first kappa shape index (κ1) is 21.8. The van der Waals surface area contributed by atoms with Crippen molar-refractivity contribution in [1.29, 1.82) is 5.41 Å². The molecule has 9 heteroatoms. The second kappa shape index (κ2) is 8.09. The van der Waals surface area contributed by atoms with E-state index in [0.29, 0.717) is 48.0 Å². The van der Waals surface area contributed by atoms with Crippen LogP contribution in [0.15, 0.2) is 48.2 Å². The Balaban J connectivity index is 1.71. The third-order valence-corrected chi connectivity index (χ3v) is 6.70. The molecule has 5 rings (SSSR count). The van der Waals surface area contributed by atoms with E-state index in [-0.39, 0.29) is 24.0 Å². The summed E-state index contributed by atoms with van der Waals surface area (Å²) in [6.07, 6.45) is 1.25. The molecule has 0 saturated carbocycles. The standard InChI is InChI=1S/C25H27N5O4/c1-15(31)29-10-6-9-25(14-29)22(32)21(24-27-19-7-4-5-8-20(19)28-24)23(26)30(25)16-11-17(33-2)13-18(12-16)34-3/h4-5,7-8,11-13,26,32H,6,9-10,14H2,1-3H3,(H,27,28). The molecule has 0 aliphatic carbocycles. The van der Waals surface area contributed by atoms with Crippen LogP contribution in [0.25, 0.3) is 16.6 Å². The fourth-order valence-electron chi connectivity index (χ4n) is 5.05. The fourth-order valence-corrected chi connectivity index (χ4v) is 5.05. The lowest BCUT2D eigenvalue weighted by molar-refractivity contribution is -0.130. The van der Waals surface area contributed by atoms with E-state index in [1.165, 1.54) is 6.92 Å². The highest BCUT2D eigenvalue weighted by Crippen LogP contribution is 2.47. The first-order valence-corrected chi connectivity index (χ1v) is 11.1. The summed E-state index contributed by atoms with van der Waals surface area (Å²) < 4.78 is 10.9. The molecule has 1 fully saturated rings. The van der Waals surface area contributed by atoms with Crippen molar-refractivity contribution in [1.82, 2.24) is 14.9 Å². The van der Waals surface area contributed by atoms with E-state index in [9.17, 15) is 15.3 Å². The zero-order chi connectivity index (χ0) is 24.0. The van der Waals surface area contributed by atoms with E-state index in [0.717, 1.165) is 11.0 Å². The zero-order valence-corrected chi connectivity index (χ0v) is 19.4. The van der Waals surface area contributed by atoms with Gasteiger partial charge in [0.1, 0.15) is 34.5 Å². The normalized spacial score (nSPS) is 20.5. The Hall–Kier alpha value is -4.01. The van der Waals surface area contributed by atoms with Gasteiger partial charge in [0.15, 0.2) is 0 Å². The van der Waals surface area contributed by atoms with Gasteiger partial charge >= 0.3 is 0 Å². The predicted molar refractivity (Wildman–Crippen MR) is 130 cm³/mol. The van der Waals surface area contributed by atoms with Crippen LogP contribution in [0, 0.1) is 5.41 Å². The molecule has 3 N–H and O–H groups in total. The summed E-state index contributed by atoms with van der Waals surface area (Å²) in [5.41, 5.74) is 1.50. The number of rotatable bonds is 4. The topological polar surface area (TPSA) is 115 Å². The number of fused-ring (bicyclic) bond motifs is 1. The molecule has 1 aromatic heterocycles. The van der Waals surface area contributed by atoms with Crippen LogP contribution in [0.3, 0.4) is 0 Å². The number of H-pyrrole nitrogens is 1. The maximum absolute atomic E-state index is 12.3. The number of aromatic nitrogens is 2. The van der Waals surface area contributed by atoms with Crippen LogP contribution in [-0.2, 0) is 4.79 Å². The summed E-state index contributed by atoms with van der Waals surface area (Å²) >= 11 is 0. The number of hydrogen-bond donors (Lipinski definition) is 3.